The van der Waals surface area contributed by atoms with Gasteiger partial charge in [0.2, 0.25) is 0 Å². The zero-order chi connectivity index (χ0) is 24.2. The van der Waals surface area contributed by atoms with Crippen LogP contribution < -0.4 is 16.0 Å². The molecule has 7 heteroatoms. The molecule has 178 valence electrons. The van der Waals surface area contributed by atoms with E-state index in [-0.39, 0.29) is 11.8 Å². The van der Waals surface area contributed by atoms with Crippen LogP contribution in [0, 0.1) is 0 Å². The zero-order valence-electron chi connectivity index (χ0n) is 19.9. The monoisotopic (exact) mass is 459 g/mol. The molecule has 34 heavy (non-hydrogen) atoms. The molecule has 0 aliphatic carbocycles. The number of nitrogens with zero attached hydrogens (tertiary/aromatic N) is 2. The van der Waals surface area contributed by atoms with Gasteiger partial charge in [-0.1, -0.05) is 32.1 Å². The summed E-state index contributed by atoms with van der Waals surface area (Å²) in [6.07, 6.45) is 7.98. The van der Waals surface area contributed by atoms with E-state index in [0.29, 0.717) is 29.9 Å². The van der Waals surface area contributed by atoms with Gasteiger partial charge < -0.3 is 20.9 Å². The lowest BCUT2D eigenvalue weighted by Crippen LogP contribution is -2.29. The summed E-state index contributed by atoms with van der Waals surface area (Å²) in [5.74, 6) is -0.276. The van der Waals surface area contributed by atoms with E-state index in [4.69, 9.17) is 0 Å². The van der Waals surface area contributed by atoms with Gasteiger partial charge in [-0.3, -0.25) is 14.6 Å². The van der Waals surface area contributed by atoms with Crippen LogP contribution in [-0.2, 0) is 4.79 Å². The quantitative estimate of drug-likeness (QED) is 0.435. The highest BCUT2D eigenvalue weighted by atomic mass is 16.2. The minimum Gasteiger partial charge on any atom is -0.355 e. The van der Waals surface area contributed by atoms with Crippen molar-refractivity contribution in [1.29, 1.82) is 0 Å². The summed E-state index contributed by atoms with van der Waals surface area (Å²) in [6, 6.07) is 14.8. The molecule has 0 bridgehead atoms. The second-order valence-corrected chi connectivity index (χ2v) is 7.92. The molecule has 0 aromatic heterocycles. The van der Waals surface area contributed by atoms with Gasteiger partial charge in [0.15, 0.2) is 0 Å². The van der Waals surface area contributed by atoms with Crippen LogP contribution >= 0.6 is 0 Å². The van der Waals surface area contributed by atoms with Crippen LogP contribution in [0.15, 0.2) is 77.3 Å². The molecule has 0 spiro atoms. The molecule has 0 unspecified atom stereocenters. The van der Waals surface area contributed by atoms with Crippen molar-refractivity contribution in [2.45, 2.75) is 20.3 Å². The van der Waals surface area contributed by atoms with Gasteiger partial charge in [0, 0.05) is 35.4 Å². The van der Waals surface area contributed by atoms with Gasteiger partial charge in [-0.05, 0) is 74.6 Å². The summed E-state index contributed by atoms with van der Waals surface area (Å²) in [6.45, 7) is 8.56. The molecule has 7 nitrogen and oxygen atoms in total. The Kier molecular flexibility index (Phi) is 9.61. The first-order chi connectivity index (χ1) is 16.6. The molecule has 0 saturated carbocycles. The lowest BCUT2D eigenvalue weighted by molar-refractivity contribution is -0.112. The Morgan fingerprint density at radius 2 is 1.74 bits per heavy atom. The molecule has 3 N–H and O–H groups in total. The SMILES string of the molecule is CCN(CC)CCCNC(=O)c1ccc(Nc2cccc(NC(=O)C3=CC=CCN=C3)c2)cc1. The van der Waals surface area contributed by atoms with Crippen LogP contribution in [0.25, 0.3) is 0 Å². The van der Waals surface area contributed by atoms with Crippen molar-refractivity contribution >= 4 is 35.1 Å². The molecule has 2 aromatic carbocycles. The van der Waals surface area contributed by atoms with E-state index >= 15 is 0 Å². The fourth-order valence-corrected chi connectivity index (χ4v) is 3.52. The summed E-state index contributed by atoms with van der Waals surface area (Å²) in [7, 11) is 0. The standard InChI is InChI=1S/C27H33N5O2/c1-3-32(4-2)18-8-17-29-26(33)21-12-14-23(15-13-21)30-24-10-7-11-25(19-24)31-27(34)22-9-5-6-16-28-20-22/h5-7,9-15,19-20,30H,3-4,8,16-18H2,1-2H3,(H,29,33)(H,31,34). The van der Waals surface area contributed by atoms with Crippen molar-refractivity contribution in [2.75, 3.05) is 43.4 Å². The average molecular weight is 460 g/mol. The van der Waals surface area contributed by atoms with Crippen molar-refractivity contribution < 1.29 is 9.59 Å². The van der Waals surface area contributed by atoms with E-state index in [0.717, 1.165) is 37.4 Å². The van der Waals surface area contributed by atoms with E-state index in [2.05, 4.69) is 39.7 Å². The number of nitrogens with one attached hydrogen (secondary N) is 3. The predicted molar refractivity (Wildman–Crippen MR) is 140 cm³/mol. The average Bonchev–Trinajstić information content (AvgIpc) is 3.15. The molecular formula is C27H33N5O2. The lowest BCUT2D eigenvalue weighted by atomic mass is 10.2. The van der Waals surface area contributed by atoms with Crippen molar-refractivity contribution in [3.8, 4) is 0 Å². The topological polar surface area (TPSA) is 85.8 Å². The van der Waals surface area contributed by atoms with Crippen molar-refractivity contribution in [3.05, 3.63) is 77.9 Å². The summed E-state index contributed by atoms with van der Waals surface area (Å²) in [5.41, 5.74) is 3.49. The highest BCUT2D eigenvalue weighted by molar-refractivity contribution is 6.18. The Morgan fingerprint density at radius 1 is 0.971 bits per heavy atom. The number of hydrogen-bond acceptors (Lipinski definition) is 5. The number of benzene rings is 2. The van der Waals surface area contributed by atoms with Crippen LogP contribution in [-0.4, -0.2) is 55.7 Å². The number of hydrogen-bond donors (Lipinski definition) is 3. The maximum atomic E-state index is 12.5. The number of carbonyl (C=O) groups is 2. The fourth-order valence-electron chi connectivity index (χ4n) is 3.52. The maximum Gasteiger partial charge on any atom is 0.257 e. The molecule has 1 aliphatic rings. The van der Waals surface area contributed by atoms with E-state index in [1.54, 1.807) is 24.4 Å². The molecule has 0 fully saturated rings. The number of amides is 2. The van der Waals surface area contributed by atoms with Gasteiger partial charge in [0.05, 0.1) is 12.1 Å². The first-order valence-electron chi connectivity index (χ1n) is 11.7. The second kappa shape index (κ2) is 13.1. The number of carbonyl (C=O) groups excluding carboxylic acids is 2. The van der Waals surface area contributed by atoms with Crippen molar-refractivity contribution in [2.24, 2.45) is 4.99 Å². The van der Waals surface area contributed by atoms with Crippen LogP contribution in [0.1, 0.15) is 30.6 Å². The van der Waals surface area contributed by atoms with Crippen LogP contribution in [0.2, 0.25) is 0 Å². The van der Waals surface area contributed by atoms with Gasteiger partial charge in [0.1, 0.15) is 0 Å². The molecule has 2 amide bonds. The summed E-state index contributed by atoms with van der Waals surface area (Å²) < 4.78 is 0. The molecule has 2 aromatic rings. The molecular weight excluding hydrogens is 426 g/mol. The number of allylic oxidation sites excluding steroid dienone is 2. The molecule has 3 rings (SSSR count). The summed E-state index contributed by atoms with van der Waals surface area (Å²) in [4.78, 5) is 31.4. The highest BCUT2D eigenvalue weighted by Gasteiger charge is 2.09. The predicted octanol–water partition coefficient (Wildman–Crippen LogP) is 4.40. The Labute approximate surface area is 201 Å². The Balaban J connectivity index is 1.52. The van der Waals surface area contributed by atoms with Crippen LogP contribution in [0.4, 0.5) is 17.1 Å². The van der Waals surface area contributed by atoms with E-state index in [1.807, 2.05) is 48.6 Å². The normalized spacial score (nSPS) is 12.7. The number of rotatable bonds is 11. The van der Waals surface area contributed by atoms with E-state index < -0.39 is 0 Å². The first kappa shape index (κ1) is 24.9. The lowest BCUT2D eigenvalue weighted by Gasteiger charge is -2.17. The van der Waals surface area contributed by atoms with Crippen LogP contribution in [0.3, 0.4) is 0 Å². The molecule has 0 saturated heterocycles. The van der Waals surface area contributed by atoms with Crippen LogP contribution in [0.5, 0.6) is 0 Å². The largest absolute Gasteiger partial charge is 0.355 e. The Hall–Kier alpha value is -3.71. The third-order valence-electron chi connectivity index (χ3n) is 5.50. The molecule has 1 heterocycles. The van der Waals surface area contributed by atoms with E-state index in [9.17, 15) is 9.59 Å². The smallest absolute Gasteiger partial charge is 0.257 e. The highest BCUT2D eigenvalue weighted by Crippen LogP contribution is 2.21. The fraction of sp³-hybridized carbons (Fsp3) is 0.296. The minimum atomic E-state index is -0.208. The van der Waals surface area contributed by atoms with E-state index in [1.165, 1.54) is 0 Å². The Bertz CT molecular complexity index is 1050. The third-order valence-corrected chi connectivity index (χ3v) is 5.50. The van der Waals surface area contributed by atoms with Crippen molar-refractivity contribution in [3.63, 3.8) is 0 Å². The number of aliphatic imine (C=N–C) groups is 1. The van der Waals surface area contributed by atoms with Gasteiger partial charge in [-0.25, -0.2) is 0 Å². The summed E-state index contributed by atoms with van der Waals surface area (Å²) >= 11 is 0. The van der Waals surface area contributed by atoms with Gasteiger partial charge in [-0.15, -0.1) is 0 Å². The van der Waals surface area contributed by atoms with Gasteiger partial charge in [-0.2, -0.15) is 0 Å². The Morgan fingerprint density at radius 3 is 2.50 bits per heavy atom. The van der Waals surface area contributed by atoms with Gasteiger partial charge >= 0.3 is 0 Å². The third kappa shape index (κ3) is 7.71. The second-order valence-electron chi connectivity index (χ2n) is 7.92. The molecule has 1 aliphatic heterocycles. The molecule has 0 radical (unpaired) electrons. The summed E-state index contributed by atoms with van der Waals surface area (Å²) in [5, 5.41) is 9.19. The van der Waals surface area contributed by atoms with Crippen molar-refractivity contribution in [1.82, 2.24) is 10.2 Å². The minimum absolute atomic E-state index is 0.0676. The van der Waals surface area contributed by atoms with Gasteiger partial charge in [0.25, 0.3) is 11.8 Å². The maximum absolute atomic E-state index is 12.5. The zero-order valence-corrected chi connectivity index (χ0v) is 19.9. The molecule has 0 atom stereocenters. The first-order valence-corrected chi connectivity index (χ1v) is 11.7. The number of anilines is 3.